The molecule has 0 aliphatic rings. The molecular weight excluding hydrogens is 1380 g/mol. The van der Waals surface area contributed by atoms with Crippen molar-refractivity contribution in [2.24, 2.45) is 5.92 Å². The number of hydrogen-bond donors (Lipinski definition) is 3. The Hall–Kier alpha value is -1.94. The van der Waals surface area contributed by atoms with Gasteiger partial charge in [0, 0.05) is 25.7 Å². The van der Waals surface area contributed by atoms with Gasteiger partial charge in [-0.3, -0.25) is 37.3 Å². The summed E-state index contributed by atoms with van der Waals surface area (Å²) in [4.78, 5) is 73.2. The molecule has 0 spiro atoms. The highest BCUT2D eigenvalue weighted by Crippen LogP contribution is 2.45. The van der Waals surface area contributed by atoms with Gasteiger partial charge in [0.1, 0.15) is 19.3 Å². The number of esters is 4. The fourth-order valence-corrected chi connectivity index (χ4v) is 15.2. The lowest BCUT2D eigenvalue weighted by Gasteiger charge is -2.21. The topological polar surface area (TPSA) is 237 Å². The lowest BCUT2D eigenvalue weighted by atomic mass is 10.0. The zero-order valence-electron chi connectivity index (χ0n) is 69.6. The van der Waals surface area contributed by atoms with Gasteiger partial charge < -0.3 is 33.8 Å². The third-order valence-electron chi connectivity index (χ3n) is 20.5. The molecule has 2 unspecified atom stereocenters. The van der Waals surface area contributed by atoms with Crippen molar-refractivity contribution in [1.82, 2.24) is 0 Å². The van der Waals surface area contributed by atoms with Crippen LogP contribution in [0.15, 0.2) is 0 Å². The molecule has 0 amide bonds. The van der Waals surface area contributed by atoms with Crippen molar-refractivity contribution in [2.45, 2.75) is 490 Å². The number of rotatable bonds is 87. The van der Waals surface area contributed by atoms with Crippen LogP contribution >= 0.6 is 15.6 Å². The Bertz CT molecular complexity index is 2010. The van der Waals surface area contributed by atoms with Crippen LogP contribution in [0, 0.1) is 5.92 Å². The van der Waals surface area contributed by atoms with Crippen molar-refractivity contribution < 1.29 is 80.2 Å². The Labute approximate surface area is 651 Å². The average Bonchev–Trinajstić information content (AvgIpc) is 0.903. The van der Waals surface area contributed by atoms with Crippen molar-refractivity contribution in [1.29, 1.82) is 0 Å². The van der Waals surface area contributed by atoms with Crippen molar-refractivity contribution in [3.05, 3.63) is 0 Å². The van der Waals surface area contributed by atoms with E-state index in [-0.39, 0.29) is 25.7 Å². The summed E-state index contributed by atoms with van der Waals surface area (Å²) in [7, 11) is -9.93. The summed E-state index contributed by atoms with van der Waals surface area (Å²) in [6, 6.07) is 0. The molecule has 17 nitrogen and oxygen atoms in total. The molecule has 0 bridgehead atoms. The average molecular weight is 1550 g/mol. The highest BCUT2D eigenvalue weighted by Gasteiger charge is 2.30. The van der Waals surface area contributed by atoms with Gasteiger partial charge in [-0.1, -0.05) is 420 Å². The Balaban J connectivity index is 5.22. The van der Waals surface area contributed by atoms with Crippen LogP contribution in [0.4, 0.5) is 0 Å². The molecule has 0 saturated carbocycles. The first-order valence-electron chi connectivity index (χ1n) is 45.1. The Morgan fingerprint density at radius 3 is 0.642 bits per heavy atom. The van der Waals surface area contributed by atoms with Crippen molar-refractivity contribution >= 4 is 39.5 Å². The third kappa shape index (κ3) is 80.1. The van der Waals surface area contributed by atoms with Crippen molar-refractivity contribution in [2.75, 3.05) is 39.6 Å². The van der Waals surface area contributed by atoms with Gasteiger partial charge in [-0.05, 0) is 31.6 Å². The summed E-state index contributed by atoms with van der Waals surface area (Å²) < 4.78 is 68.9. The van der Waals surface area contributed by atoms with Crippen LogP contribution in [0.1, 0.15) is 471 Å². The Morgan fingerprint density at radius 2 is 0.434 bits per heavy atom. The zero-order chi connectivity index (χ0) is 77.6. The van der Waals surface area contributed by atoms with Crippen LogP contribution in [0.2, 0.25) is 0 Å². The summed E-state index contributed by atoms with van der Waals surface area (Å²) in [5, 5.41) is 10.7. The van der Waals surface area contributed by atoms with Crippen LogP contribution in [0.3, 0.4) is 0 Å². The maximum atomic E-state index is 13.2. The molecule has 106 heavy (non-hydrogen) atoms. The first-order chi connectivity index (χ1) is 51.5. The van der Waals surface area contributed by atoms with Gasteiger partial charge in [0.05, 0.1) is 26.4 Å². The van der Waals surface area contributed by atoms with Gasteiger partial charge >= 0.3 is 39.5 Å². The highest BCUT2D eigenvalue weighted by molar-refractivity contribution is 7.47. The number of ether oxygens (including phenoxy) is 4. The summed E-state index contributed by atoms with van der Waals surface area (Å²) >= 11 is 0. The molecule has 0 saturated heterocycles. The van der Waals surface area contributed by atoms with Gasteiger partial charge in [0.2, 0.25) is 0 Å². The zero-order valence-corrected chi connectivity index (χ0v) is 71.4. The number of aliphatic hydroxyl groups excluding tert-OH is 1. The molecule has 0 radical (unpaired) electrons. The molecule has 630 valence electrons. The van der Waals surface area contributed by atoms with Crippen molar-refractivity contribution in [3.8, 4) is 0 Å². The molecule has 0 aromatic carbocycles. The fourth-order valence-electron chi connectivity index (χ4n) is 13.6. The monoisotopic (exact) mass is 1550 g/mol. The Kier molecular flexibility index (Phi) is 78.2. The van der Waals surface area contributed by atoms with Crippen LogP contribution < -0.4 is 0 Å². The standard InChI is InChI=1S/C87H170O17P2/c1-6-9-12-15-18-21-24-26-28-30-32-33-34-36-38-43-47-52-57-62-67-72-86(91)104-83(77-98-85(90)71-66-61-56-51-46-42-37-35-31-29-27-25-22-19-16-13-10-7-2)79-102-106(95,96)100-75-81(88)74-99-105(93,94)101-78-82(76-97-84(89)70-65-60-55-50-23-20-17-14-11-8-3)103-87(92)73-68-63-58-53-48-44-40-39-41-45-49-54-59-64-69-80(4)5/h80-83,88H,6-79H2,1-5H3,(H,93,94)(H,95,96)/t81-,82+,83+/m0/s1. The lowest BCUT2D eigenvalue weighted by Crippen LogP contribution is -2.30. The predicted octanol–water partition coefficient (Wildman–Crippen LogP) is 26.8. The number of unbranched alkanes of at least 4 members (excludes halogenated alkanes) is 59. The van der Waals surface area contributed by atoms with E-state index in [4.69, 9.17) is 37.0 Å². The predicted molar refractivity (Wildman–Crippen MR) is 437 cm³/mol. The van der Waals surface area contributed by atoms with Gasteiger partial charge in [-0.2, -0.15) is 0 Å². The third-order valence-corrected chi connectivity index (χ3v) is 22.4. The van der Waals surface area contributed by atoms with Crippen LogP contribution in [0.25, 0.3) is 0 Å². The number of phosphoric ester groups is 2. The molecule has 0 aliphatic carbocycles. The van der Waals surface area contributed by atoms with E-state index in [1.165, 1.54) is 295 Å². The highest BCUT2D eigenvalue weighted by atomic mass is 31.2. The first kappa shape index (κ1) is 104. The SMILES string of the molecule is CCCCCCCCCCCCCCCCCCCCCCCC(=O)O[C@H](COC(=O)CCCCCCCCCCCCCCCCCCCC)COP(=O)(O)OC[C@@H](O)COP(=O)(O)OC[C@@H](COC(=O)CCCCCCCCCCCC)OC(=O)CCCCCCCCCCCCCCCCC(C)C. The Morgan fingerprint density at radius 1 is 0.255 bits per heavy atom. The van der Waals surface area contributed by atoms with Crippen LogP contribution in [-0.2, 0) is 65.4 Å². The fraction of sp³-hybridized carbons (Fsp3) is 0.954. The largest absolute Gasteiger partial charge is 0.472 e. The molecule has 0 fully saturated rings. The van der Waals surface area contributed by atoms with E-state index in [1.54, 1.807) is 0 Å². The number of carbonyl (C=O) groups excluding carboxylic acids is 4. The summed E-state index contributed by atoms with van der Waals surface area (Å²) in [5.41, 5.74) is 0. The van der Waals surface area contributed by atoms with E-state index in [2.05, 4.69) is 34.6 Å². The number of hydrogen-bond acceptors (Lipinski definition) is 15. The molecule has 0 rings (SSSR count). The summed E-state index contributed by atoms with van der Waals surface area (Å²) in [6.45, 7) is 7.38. The van der Waals surface area contributed by atoms with Gasteiger partial charge in [-0.25, -0.2) is 9.13 Å². The van der Waals surface area contributed by atoms with Gasteiger partial charge in [0.25, 0.3) is 0 Å². The second kappa shape index (κ2) is 79.7. The summed E-state index contributed by atoms with van der Waals surface area (Å²) in [6.07, 6.45) is 73.6. The maximum absolute atomic E-state index is 13.2. The van der Waals surface area contributed by atoms with E-state index in [9.17, 15) is 43.2 Å². The molecular formula is C87H170O17P2. The van der Waals surface area contributed by atoms with Crippen LogP contribution in [0.5, 0.6) is 0 Å². The smallest absolute Gasteiger partial charge is 0.462 e. The van der Waals surface area contributed by atoms with Crippen molar-refractivity contribution in [3.63, 3.8) is 0 Å². The van der Waals surface area contributed by atoms with E-state index in [0.29, 0.717) is 25.7 Å². The van der Waals surface area contributed by atoms with E-state index in [1.807, 2.05) is 0 Å². The second-order valence-electron chi connectivity index (χ2n) is 31.8. The first-order valence-corrected chi connectivity index (χ1v) is 48.1. The van der Waals surface area contributed by atoms with Gasteiger partial charge in [-0.15, -0.1) is 0 Å². The second-order valence-corrected chi connectivity index (χ2v) is 34.7. The molecule has 3 N–H and O–H groups in total. The molecule has 0 aliphatic heterocycles. The molecule has 0 aromatic heterocycles. The minimum atomic E-state index is -4.97. The molecule has 19 heteroatoms. The minimum Gasteiger partial charge on any atom is -0.462 e. The molecule has 0 aromatic rings. The minimum absolute atomic E-state index is 0.108. The maximum Gasteiger partial charge on any atom is 0.472 e. The summed E-state index contributed by atoms with van der Waals surface area (Å²) in [5.74, 6) is -1.30. The van der Waals surface area contributed by atoms with Crippen LogP contribution in [-0.4, -0.2) is 96.7 Å². The normalized spacial score (nSPS) is 13.7. The van der Waals surface area contributed by atoms with E-state index >= 15 is 0 Å². The molecule has 5 atom stereocenters. The molecule has 0 heterocycles. The lowest BCUT2D eigenvalue weighted by molar-refractivity contribution is -0.161. The number of phosphoric acid groups is 2. The van der Waals surface area contributed by atoms with E-state index in [0.717, 1.165) is 95.8 Å². The number of carbonyl (C=O) groups is 4. The van der Waals surface area contributed by atoms with E-state index < -0.39 is 97.5 Å². The quantitative estimate of drug-likeness (QED) is 0.0222. The van der Waals surface area contributed by atoms with Gasteiger partial charge in [0.15, 0.2) is 12.2 Å². The number of aliphatic hydroxyl groups is 1.